The maximum absolute atomic E-state index is 13.9. The third kappa shape index (κ3) is 4.18. The van der Waals surface area contributed by atoms with Crippen LogP contribution in [0.4, 0.5) is 8.78 Å². The van der Waals surface area contributed by atoms with Gasteiger partial charge in [0.15, 0.2) is 5.82 Å². The summed E-state index contributed by atoms with van der Waals surface area (Å²) in [6.07, 6.45) is 2.33. The van der Waals surface area contributed by atoms with E-state index >= 15 is 0 Å². The third-order valence-electron chi connectivity index (χ3n) is 5.09. The number of tetrazole rings is 1. The number of amides is 1. The fraction of sp³-hybridized carbons (Fsp3) is 0.200. The topological polar surface area (TPSA) is 140 Å². The first kappa shape index (κ1) is 22.9. The van der Waals surface area contributed by atoms with Gasteiger partial charge in [-0.1, -0.05) is 17.7 Å². The number of carbonyl (C=O) groups is 1. The van der Waals surface area contributed by atoms with Crippen LogP contribution in [0, 0.1) is 23.0 Å². The molecule has 11 nitrogen and oxygen atoms in total. The van der Waals surface area contributed by atoms with Crippen molar-refractivity contribution in [3.8, 4) is 11.9 Å². The van der Waals surface area contributed by atoms with Crippen molar-refractivity contribution in [3.63, 3.8) is 0 Å². The molecule has 1 atom stereocenters. The molecule has 14 heteroatoms. The van der Waals surface area contributed by atoms with E-state index in [1.54, 1.807) is 38.4 Å². The highest BCUT2D eigenvalue weighted by Crippen LogP contribution is 2.34. The van der Waals surface area contributed by atoms with Crippen LogP contribution in [0.15, 0.2) is 36.7 Å². The van der Waals surface area contributed by atoms with E-state index in [-0.39, 0.29) is 18.1 Å². The minimum absolute atomic E-state index is 0.0309. The number of hydrogen-bond acceptors (Lipinski definition) is 8. The Balaban J connectivity index is 1.62. The maximum Gasteiger partial charge on any atom is 0.292 e. The van der Waals surface area contributed by atoms with Crippen LogP contribution in [-0.2, 0) is 12.5 Å². The maximum atomic E-state index is 13.9. The van der Waals surface area contributed by atoms with E-state index in [1.165, 1.54) is 4.68 Å². The molecule has 0 aliphatic rings. The fourth-order valence-electron chi connectivity index (χ4n) is 3.21. The molecule has 4 rings (SSSR count). The molecule has 1 unspecified atom stereocenters. The first-order chi connectivity index (χ1) is 16.2. The van der Waals surface area contributed by atoms with Crippen molar-refractivity contribution >= 4 is 17.5 Å². The Morgan fingerprint density at radius 2 is 2.12 bits per heavy atom. The van der Waals surface area contributed by atoms with Crippen LogP contribution in [0.2, 0.25) is 5.15 Å². The highest BCUT2D eigenvalue weighted by atomic mass is 35.5. The molecule has 0 saturated heterocycles. The third-order valence-corrected chi connectivity index (χ3v) is 5.54. The van der Waals surface area contributed by atoms with Crippen LogP contribution in [0.5, 0.6) is 0 Å². The van der Waals surface area contributed by atoms with Crippen molar-refractivity contribution in [2.24, 2.45) is 7.05 Å². The van der Waals surface area contributed by atoms with Gasteiger partial charge in [-0.25, -0.2) is 18.7 Å². The summed E-state index contributed by atoms with van der Waals surface area (Å²) >= 11 is 6.43. The van der Waals surface area contributed by atoms with Crippen LogP contribution in [0.3, 0.4) is 0 Å². The molecule has 0 saturated carbocycles. The van der Waals surface area contributed by atoms with Gasteiger partial charge in [0, 0.05) is 25.2 Å². The molecular formula is C20H15ClF2N10O. The first-order valence-corrected chi connectivity index (χ1v) is 10.1. The van der Waals surface area contributed by atoms with Crippen LogP contribution in [0.25, 0.3) is 5.82 Å². The molecule has 0 aliphatic heterocycles. The number of nitriles is 1. The Labute approximate surface area is 196 Å². The van der Waals surface area contributed by atoms with Crippen LogP contribution >= 0.6 is 11.6 Å². The van der Waals surface area contributed by atoms with Gasteiger partial charge in [-0.3, -0.25) is 9.48 Å². The van der Waals surface area contributed by atoms with Crippen molar-refractivity contribution in [3.05, 3.63) is 76.2 Å². The van der Waals surface area contributed by atoms with Crippen LogP contribution < -0.4 is 5.32 Å². The molecule has 0 aliphatic carbocycles. The van der Waals surface area contributed by atoms with Gasteiger partial charge in [0.1, 0.15) is 22.7 Å². The number of aryl methyl sites for hydroxylation is 1. The van der Waals surface area contributed by atoms with E-state index in [0.717, 1.165) is 6.20 Å². The number of aromatic nitrogens is 8. The zero-order valence-corrected chi connectivity index (χ0v) is 18.5. The quantitative estimate of drug-likeness (QED) is 0.436. The van der Waals surface area contributed by atoms with E-state index in [9.17, 15) is 18.8 Å². The fourth-order valence-corrected chi connectivity index (χ4v) is 3.51. The second-order valence-corrected chi connectivity index (χ2v) is 7.73. The summed E-state index contributed by atoms with van der Waals surface area (Å²) in [4.78, 5) is 21.4. The van der Waals surface area contributed by atoms with Gasteiger partial charge in [-0.15, -0.1) is 15.0 Å². The molecular weight excluding hydrogens is 470 g/mol. The summed E-state index contributed by atoms with van der Waals surface area (Å²) < 4.78 is 28.5. The molecule has 1 amide bonds. The minimum Gasteiger partial charge on any atom is -0.348 e. The summed E-state index contributed by atoms with van der Waals surface area (Å²) in [5.41, 5.74) is 0.229. The predicted octanol–water partition coefficient (Wildman–Crippen LogP) is 1.73. The Bertz CT molecular complexity index is 1430. The summed E-state index contributed by atoms with van der Waals surface area (Å²) in [6, 6.07) is 7.52. The van der Waals surface area contributed by atoms with Crippen molar-refractivity contribution < 1.29 is 13.6 Å². The number of rotatable bonds is 6. The second-order valence-electron chi connectivity index (χ2n) is 7.37. The molecule has 0 aromatic carbocycles. The molecule has 4 heterocycles. The van der Waals surface area contributed by atoms with Gasteiger partial charge in [0.05, 0.1) is 23.5 Å². The summed E-state index contributed by atoms with van der Waals surface area (Å²) in [7, 11) is 1.66. The average molecular weight is 485 g/mol. The molecule has 4 aromatic heterocycles. The number of halogens is 3. The summed E-state index contributed by atoms with van der Waals surface area (Å²) in [5, 5.41) is 27.5. The van der Waals surface area contributed by atoms with Gasteiger partial charge in [-0.2, -0.15) is 10.4 Å². The van der Waals surface area contributed by atoms with E-state index in [2.05, 4.69) is 35.8 Å². The number of carbonyl (C=O) groups excluding carboxylic acids is 1. The van der Waals surface area contributed by atoms with Gasteiger partial charge in [0.25, 0.3) is 11.7 Å². The van der Waals surface area contributed by atoms with E-state index in [1.807, 2.05) is 6.07 Å². The van der Waals surface area contributed by atoms with Gasteiger partial charge >= 0.3 is 0 Å². The molecule has 0 spiro atoms. The normalized spacial score (nSPS) is 12.7. The summed E-state index contributed by atoms with van der Waals surface area (Å²) in [6.45, 7) is 1.75. The largest absolute Gasteiger partial charge is 0.348 e. The molecule has 0 radical (unpaired) electrons. The zero-order chi connectivity index (χ0) is 24.5. The summed E-state index contributed by atoms with van der Waals surface area (Å²) in [5.74, 6) is -3.41. The molecule has 34 heavy (non-hydrogen) atoms. The Hall–Kier alpha value is -4.31. The molecule has 172 valence electrons. The van der Waals surface area contributed by atoms with Gasteiger partial charge < -0.3 is 5.32 Å². The minimum atomic E-state index is -1.02. The molecule has 1 N–H and O–H groups in total. The van der Waals surface area contributed by atoms with Crippen molar-refractivity contribution in [1.82, 2.24) is 45.3 Å². The number of nitrogens with one attached hydrogen (secondary N) is 1. The second kappa shape index (κ2) is 8.91. The number of pyridine rings is 2. The molecule has 0 bridgehead atoms. The highest BCUT2D eigenvalue weighted by Gasteiger charge is 2.35. The monoisotopic (exact) mass is 484 g/mol. The van der Waals surface area contributed by atoms with Crippen molar-refractivity contribution in [1.29, 1.82) is 5.26 Å². The number of nitrogens with zero attached hydrogens (tertiary/aromatic N) is 9. The lowest BCUT2D eigenvalue weighted by atomic mass is 9.80. The first-order valence-electron chi connectivity index (χ1n) is 9.68. The standard InChI is InChI=1S/C20H15ClF2N10O/c1-20(13-9-27-32(2)16(13)21,15-5-3-4-12(7-24)28-15)10-26-19(34)17-29-31-33(30-17)18-14(23)6-11(22)8-25-18/h3-6,8-9H,10H2,1-2H3,(H,26,34). The van der Waals surface area contributed by atoms with E-state index in [0.29, 0.717) is 27.3 Å². The smallest absolute Gasteiger partial charge is 0.292 e. The average Bonchev–Trinajstić information content (AvgIpc) is 3.45. The predicted molar refractivity (Wildman–Crippen MR) is 113 cm³/mol. The zero-order valence-electron chi connectivity index (χ0n) is 17.7. The Morgan fingerprint density at radius 3 is 2.79 bits per heavy atom. The lowest BCUT2D eigenvalue weighted by Crippen LogP contribution is -2.40. The lowest BCUT2D eigenvalue weighted by molar-refractivity contribution is 0.0936. The Morgan fingerprint density at radius 1 is 1.32 bits per heavy atom. The van der Waals surface area contributed by atoms with E-state index in [4.69, 9.17) is 11.6 Å². The van der Waals surface area contributed by atoms with Gasteiger partial charge in [0.2, 0.25) is 5.82 Å². The lowest BCUT2D eigenvalue weighted by Gasteiger charge is -2.29. The highest BCUT2D eigenvalue weighted by molar-refractivity contribution is 6.30. The van der Waals surface area contributed by atoms with Crippen molar-refractivity contribution in [2.75, 3.05) is 6.54 Å². The van der Waals surface area contributed by atoms with Crippen LogP contribution in [-0.4, -0.2) is 52.4 Å². The Kier molecular flexibility index (Phi) is 5.99. The molecule has 0 fully saturated rings. The van der Waals surface area contributed by atoms with Crippen molar-refractivity contribution in [2.45, 2.75) is 12.3 Å². The van der Waals surface area contributed by atoms with E-state index < -0.39 is 28.8 Å². The molecule has 4 aromatic rings. The van der Waals surface area contributed by atoms with Gasteiger partial charge in [-0.05, 0) is 24.3 Å². The SMILES string of the molecule is Cn1ncc(C(C)(CNC(=O)c2nnn(-c3ncc(F)cc3F)n2)c2cccc(C#N)n2)c1Cl. The number of hydrogen-bond donors (Lipinski definition) is 1. The van der Waals surface area contributed by atoms with Crippen LogP contribution in [0.1, 0.15) is 34.5 Å².